The Morgan fingerprint density at radius 1 is 0.778 bits per heavy atom. The molecule has 0 aromatic carbocycles. The highest BCUT2D eigenvalue weighted by molar-refractivity contribution is 4.82. The predicted octanol–water partition coefficient (Wildman–Crippen LogP) is 3.69. The molecule has 0 aliphatic rings. The van der Waals surface area contributed by atoms with Crippen LogP contribution in [0.2, 0.25) is 0 Å². The quantitative estimate of drug-likeness (QED) is 0.704. The van der Waals surface area contributed by atoms with E-state index in [2.05, 4.69) is 4.74 Å². The van der Waals surface area contributed by atoms with E-state index in [1.807, 2.05) is 0 Å². The molecule has 0 heterocycles. The number of rotatable bonds is 5. The van der Waals surface area contributed by atoms with Gasteiger partial charge in [0.1, 0.15) is 6.61 Å². The van der Waals surface area contributed by atoms with E-state index < -0.39 is 37.2 Å². The smallest absolute Gasteiger partial charge is 0.309 e. The zero-order chi connectivity index (χ0) is 15.0. The second-order valence-corrected chi connectivity index (χ2v) is 2.93. The van der Waals surface area contributed by atoms with Crippen molar-refractivity contribution in [1.29, 1.82) is 0 Å². The molecule has 0 atom stereocenters. The zero-order valence-corrected chi connectivity index (χ0v) is 7.85. The molecule has 0 aromatic heterocycles. The van der Waals surface area contributed by atoms with E-state index in [-0.39, 0.29) is 0 Å². The van der Waals surface area contributed by atoms with Crippen LogP contribution in [0.5, 0.6) is 0 Å². The van der Waals surface area contributed by atoms with Gasteiger partial charge in [0.05, 0.1) is 0 Å². The van der Waals surface area contributed by atoms with E-state index in [0.29, 0.717) is 0 Å². The first-order chi connectivity index (χ1) is 7.65. The van der Waals surface area contributed by atoms with Crippen molar-refractivity contribution in [2.45, 2.75) is 30.6 Å². The van der Waals surface area contributed by atoms with Crippen molar-refractivity contribution in [2.75, 3.05) is 6.61 Å². The number of hydrogen-bond acceptors (Lipinski definition) is 1. The van der Waals surface area contributed by atoms with Gasteiger partial charge < -0.3 is 4.74 Å². The molecule has 0 spiro atoms. The van der Waals surface area contributed by atoms with Gasteiger partial charge in [-0.2, -0.15) is 39.5 Å². The number of halogens is 11. The lowest BCUT2D eigenvalue weighted by Crippen LogP contribution is -2.51. The molecule has 0 saturated heterocycles. The van der Waals surface area contributed by atoms with Crippen molar-refractivity contribution in [3.63, 3.8) is 0 Å². The maximum atomic E-state index is 12.2. The molecule has 0 radical (unpaired) electrons. The summed E-state index contributed by atoms with van der Waals surface area (Å²) in [6.07, 6.45) is -17.5. The van der Waals surface area contributed by atoms with Gasteiger partial charge in [0.2, 0.25) is 0 Å². The number of ether oxygens (including phenoxy) is 1. The molecule has 12 heteroatoms. The molecule has 0 rings (SSSR count). The van der Waals surface area contributed by atoms with Gasteiger partial charge in [-0.05, 0) is 0 Å². The Balaban J connectivity index is 4.83. The molecule has 0 aliphatic carbocycles. The molecule has 110 valence electrons. The summed E-state index contributed by atoms with van der Waals surface area (Å²) >= 11 is 0. The van der Waals surface area contributed by atoms with Gasteiger partial charge >= 0.3 is 30.6 Å². The van der Waals surface area contributed by atoms with Gasteiger partial charge in [0.25, 0.3) is 0 Å². The minimum atomic E-state index is -6.34. The summed E-state index contributed by atoms with van der Waals surface area (Å²) in [6.45, 7) is -3.22. The van der Waals surface area contributed by atoms with E-state index in [1.54, 1.807) is 0 Å². The third kappa shape index (κ3) is 3.36. The highest BCUT2D eigenvalue weighted by Crippen LogP contribution is 2.42. The molecule has 1 nitrogen and oxygen atoms in total. The fourth-order valence-electron chi connectivity index (χ4n) is 0.486. The van der Waals surface area contributed by atoms with Crippen molar-refractivity contribution < 1.29 is 53.0 Å². The van der Waals surface area contributed by atoms with Crippen LogP contribution in [0.15, 0.2) is 0 Å². The van der Waals surface area contributed by atoms with Crippen molar-refractivity contribution >= 4 is 0 Å². The van der Waals surface area contributed by atoms with E-state index >= 15 is 0 Å². The molecule has 0 fully saturated rings. The average Bonchev–Trinajstić information content (AvgIpc) is 2.12. The molecule has 0 bridgehead atoms. The fourth-order valence-corrected chi connectivity index (χ4v) is 0.486. The molecule has 0 unspecified atom stereocenters. The normalized spacial score (nSPS) is 15.3. The molecule has 0 amide bonds. The van der Waals surface area contributed by atoms with Crippen molar-refractivity contribution in [3.8, 4) is 0 Å². The topological polar surface area (TPSA) is 9.23 Å². The monoisotopic (exact) mass is 300 g/mol. The SMILES string of the molecule is FC(F)C(F)(F)C(F)(F)OCC(F)(F)C(F)(F)F. The summed E-state index contributed by atoms with van der Waals surface area (Å²) in [5.74, 6) is -12.1. The predicted molar refractivity (Wildman–Crippen MR) is 32.9 cm³/mol. The first-order valence-corrected chi connectivity index (χ1v) is 3.77. The van der Waals surface area contributed by atoms with Crippen LogP contribution in [0.3, 0.4) is 0 Å². The first kappa shape index (κ1) is 17.2. The Morgan fingerprint density at radius 3 is 1.44 bits per heavy atom. The van der Waals surface area contributed by atoms with Gasteiger partial charge in [0, 0.05) is 0 Å². The van der Waals surface area contributed by atoms with E-state index in [1.165, 1.54) is 0 Å². The first-order valence-electron chi connectivity index (χ1n) is 3.77. The zero-order valence-electron chi connectivity index (χ0n) is 7.85. The number of hydrogen-bond donors (Lipinski definition) is 0. The minimum Gasteiger partial charge on any atom is -0.309 e. The summed E-state index contributed by atoms with van der Waals surface area (Å²) in [5, 5.41) is 0. The molecule has 0 aliphatic heterocycles. The Kier molecular flexibility index (Phi) is 4.49. The van der Waals surface area contributed by atoms with Crippen LogP contribution in [0.25, 0.3) is 0 Å². The highest BCUT2D eigenvalue weighted by Gasteiger charge is 2.67. The summed E-state index contributed by atoms with van der Waals surface area (Å²) in [4.78, 5) is 0. The third-order valence-corrected chi connectivity index (χ3v) is 1.51. The summed E-state index contributed by atoms with van der Waals surface area (Å²) in [7, 11) is 0. The number of alkyl halides is 11. The Bertz CT molecular complexity index is 280. The largest absolute Gasteiger partial charge is 0.455 e. The highest BCUT2D eigenvalue weighted by atomic mass is 19.4. The standard InChI is InChI=1S/C6H3F11O/c7-2(8)4(11,12)6(16,17)18-1-3(9,10)5(13,14)15/h2H,1H2. The maximum absolute atomic E-state index is 12.2. The molecule has 0 N–H and O–H groups in total. The van der Waals surface area contributed by atoms with Gasteiger partial charge in [-0.3, -0.25) is 0 Å². The Labute approximate surface area is 91.5 Å². The summed E-state index contributed by atoms with van der Waals surface area (Å²) < 4.78 is 132. The van der Waals surface area contributed by atoms with E-state index in [4.69, 9.17) is 0 Å². The van der Waals surface area contributed by atoms with Crippen LogP contribution in [0.1, 0.15) is 0 Å². The fraction of sp³-hybridized carbons (Fsp3) is 1.00. The van der Waals surface area contributed by atoms with Gasteiger partial charge in [-0.25, -0.2) is 8.78 Å². The van der Waals surface area contributed by atoms with Crippen LogP contribution in [-0.2, 0) is 4.74 Å². The van der Waals surface area contributed by atoms with Crippen LogP contribution in [0.4, 0.5) is 48.3 Å². The second kappa shape index (κ2) is 4.70. The van der Waals surface area contributed by atoms with Crippen LogP contribution < -0.4 is 0 Å². The van der Waals surface area contributed by atoms with Crippen LogP contribution in [0, 0.1) is 0 Å². The van der Waals surface area contributed by atoms with Gasteiger partial charge in [-0.15, -0.1) is 0 Å². The Hall–Kier alpha value is -0.810. The molecular weight excluding hydrogens is 297 g/mol. The van der Waals surface area contributed by atoms with E-state index in [9.17, 15) is 48.3 Å². The lowest BCUT2D eigenvalue weighted by molar-refractivity contribution is -0.397. The van der Waals surface area contributed by atoms with Gasteiger partial charge in [-0.1, -0.05) is 0 Å². The van der Waals surface area contributed by atoms with Crippen molar-refractivity contribution in [1.82, 2.24) is 0 Å². The van der Waals surface area contributed by atoms with E-state index in [0.717, 1.165) is 0 Å². The second-order valence-electron chi connectivity index (χ2n) is 2.93. The summed E-state index contributed by atoms with van der Waals surface area (Å²) in [5.41, 5.74) is 0. The van der Waals surface area contributed by atoms with Crippen LogP contribution >= 0.6 is 0 Å². The van der Waals surface area contributed by atoms with Crippen molar-refractivity contribution in [2.24, 2.45) is 0 Å². The molecule has 18 heavy (non-hydrogen) atoms. The summed E-state index contributed by atoms with van der Waals surface area (Å²) in [6, 6.07) is 0. The molecule has 0 aromatic rings. The van der Waals surface area contributed by atoms with Crippen molar-refractivity contribution in [3.05, 3.63) is 0 Å². The third-order valence-electron chi connectivity index (χ3n) is 1.51. The maximum Gasteiger partial charge on any atom is 0.455 e. The molecular formula is C6H3F11O. The lowest BCUT2D eigenvalue weighted by Gasteiger charge is -2.27. The van der Waals surface area contributed by atoms with Gasteiger partial charge in [0.15, 0.2) is 0 Å². The van der Waals surface area contributed by atoms with Crippen LogP contribution in [-0.4, -0.2) is 37.2 Å². The lowest BCUT2D eigenvalue weighted by atomic mass is 10.3. The Morgan fingerprint density at radius 2 is 1.17 bits per heavy atom. The molecule has 0 saturated carbocycles. The minimum absolute atomic E-state index is 2.31. The average molecular weight is 300 g/mol.